The predicted octanol–water partition coefficient (Wildman–Crippen LogP) is 0.384. The summed E-state index contributed by atoms with van der Waals surface area (Å²) in [6, 6.07) is 0. The molecule has 0 radical (unpaired) electrons. The van der Waals surface area contributed by atoms with Crippen molar-refractivity contribution in [3.63, 3.8) is 0 Å². The molecule has 0 aromatic heterocycles. The number of methoxy groups -OCH3 is 4. The van der Waals surface area contributed by atoms with Gasteiger partial charge in [-0.3, -0.25) is 0 Å². The van der Waals surface area contributed by atoms with Gasteiger partial charge in [0.1, 0.15) is 36.6 Å². The zero-order valence-electron chi connectivity index (χ0n) is 10.7. The molecule has 0 aliphatic carbocycles. The number of fused-ring (bicyclic) bond motifs is 2. The fourth-order valence-corrected chi connectivity index (χ4v) is 2.69. The number of rotatable bonds is 4. The number of hydrogen-bond donors (Lipinski definition) is 0. The molecular formula is C12H20O5. The molecule has 0 amide bonds. The van der Waals surface area contributed by atoms with Crippen LogP contribution in [0.2, 0.25) is 0 Å². The van der Waals surface area contributed by atoms with Gasteiger partial charge >= 0.3 is 0 Å². The van der Waals surface area contributed by atoms with Crippen LogP contribution in [0.25, 0.3) is 0 Å². The van der Waals surface area contributed by atoms with Gasteiger partial charge in [-0.15, -0.1) is 0 Å². The van der Waals surface area contributed by atoms with Crippen molar-refractivity contribution in [1.29, 1.82) is 0 Å². The zero-order chi connectivity index (χ0) is 12.4. The van der Waals surface area contributed by atoms with Crippen molar-refractivity contribution in [3.8, 4) is 0 Å². The van der Waals surface area contributed by atoms with Gasteiger partial charge < -0.3 is 23.7 Å². The molecule has 1 saturated heterocycles. The molecule has 2 aliphatic rings. The van der Waals surface area contributed by atoms with Crippen molar-refractivity contribution in [2.45, 2.75) is 36.6 Å². The first-order valence-electron chi connectivity index (χ1n) is 5.71. The van der Waals surface area contributed by atoms with Crippen LogP contribution in [-0.2, 0) is 23.7 Å². The van der Waals surface area contributed by atoms with Crippen LogP contribution in [0.15, 0.2) is 12.2 Å². The molecule has 2 aliphatic heterocycles. The highest BCUT2D eigenvalue weighted by Crippen LogP contribution is 2.32. The molecule has 0 spiro atoms. The average molecular weight is 244 g/mol. The standard InChI is InChI=1S/C12H20O5/c1-13-9-7-5-6-8(17-7)10(14-2)12(16-4)11(9)15-3/h5-12H,1-4H3/t7-,8+,9+,10-,11-,12+. The molecule has 0 aromatic rings. The second kappa shape index (κ2) is 5.46. The van der Waals surface area contributed by atoms with Crippen LogP contribution >= 0.6 is 0 Å². The van der Waals surface area contributed by atoms with Crippen LogP contribution < -0.4 is 0 Å². The van der Waals surface area contributed by atoms with E-state index in [0.29, 0.717) is 0 Å². The first-order valence-corrected chi connectivity index (χ1v) is 5.71. The van der Waals surface area contributed by atoms with Crippen molar-refractivity contribution >= 4 is 0 Å². The van der Waals surface area contributed by atoms with Crippen molar-refractivity contribution < 1.29 is 23.7 Å². The Balaban J connectivity index is 2.31. The van der Waals surface area contributed by atoms with E-state index in [1.807, 2.05) is 12.2 Å². The third-order valence-electron chi connectivity index (χ3n) is 3.51. The van der Waals surface area contributed by atoms with Gasteiger partial charge in [0.25, 0.3) is 0 Å². The van der Waals surface area contributed by atoms with E-state index in [0.717, 1.165) is 0 Å². The monoisotopic (exact) mass is 244 g/mol. The fraction of sp³-hybridized carbons (Fsp3) is 0.833. The maximum Gasteiger partial charge on any atom is 0.116 e. The Morgan fingerprint density at radius 2 is 1.00 bits per heavy atom. The normalized spacial score (nSPS) is 44.9. The lowest BCUT2D eigenvalue weighted by molar-refractivity contribution is -0.142. The molecule has 5 heteroatoms. The van der Waals surface area contributed by atoms with Gasteiger partial charge in [0, 0.05) is 28.4 Å². The first-order chi connectivity index (χ1) is 8.26. The lowest BCUT2D eigenvalue weighted by Crippen LogP contribution is -2.51. The zero-order valence-corrected chi connectivity index (χ0v) is 10.7. The maximum atomic E-state index is 5.87. The Kier molecular flexibility index (Phi) is 4.17. The molecule has 0 unspecified atom stereocenters. The molecule has 98 valence electrons. The highest BCUT2D eigenvalue weighted by atomic mass is 16.6. The first kappa shape index (κ1) is 13.0. The Bertz CT molecular complexity index is 254. The molecular weight excluding hydrogens is 224 g/mol. The van der Waals surface area contributed by atoms with Gasteiger partial charge in [-0.2, -0.15) is 0 Å². The summed E-state index contributed by atoms with van der Waals surface area (Å²) in [6.45, 7) is 0. The molecule has 1 fully saturated rings. The van der Waals surface area contributed by atoms with Crippen LogP contribution in [0.5, 0.6) is 0 Å². The molecule has 6 atom stereocenters. The SMILES string of the molecule is CO[C@@H]1[C@H](OC)[C@@H](OC)[C@H]2C=C[C@H](O2)[C@H]1OC. The van der Waals surface area contributed by atoms with E-state index in [9.17, 15) is 0 Å². The van der Waals surface area contributed by atoms with Gasteiger partial charge in [-0.1, -0.05) is 12.2 Å². The van der Waals surface area contributed by atoms with Gasteiger partial charge in [0.05, 0.1) is 0 Å². The smallest absolute Gasteiger partial charge is 0.116 e. The topological polar surface area (TPSA) is 46.2 Å². The minimum absolute atomic E-state index is 0.104. The summed E-state index contributed by atoms with van der Waals surface area (Å²) in [7, 11) is 6.61. The fourth-order valence-electron chi connectivity index (χ4n) is 2.69. The molecule has 17 heavy (non-hydrogen) atoms. The largest absolute Gasteiger partial charge is 0.376 e. The summed E-state index contributed by atoms with van der Waals surface area (Å²) < 4.78 is 27.9. The number of hydrogen-bond acceptors (Lipinski definition) is 5. The van der Waals surface area contributed by atoms with Crippen molar-refractivity contribution in [3.05, 3.63) is 12.2 Å². The van der Waals surface area contributed by atoms with E-state index in [-0.39, 0.29) is 36.6 Å². The lowest BCUT2D eigenvalue weighted by atomic mass is 9.95. The lowest BCUT2D eigenvalue weighted by Gasteiger charge is -2.33. The van der Waals surface area contributed by atoms with E-state index in [4.69, 9.17) is 23.7 Å². The summed E-state index contributed by atoms with van der Waals surface area (Å²) in [5.74, 6) is 0. The maximum absolute atomic E-state index is 5.87. The Labute approximate surface area is 102 Å². The quantitative estimate of drug-likeness (QED) is 0.669. The average Bonchev–Trinajstić information content (AvgIpc) is 2.76. The van der Waals surface area contributed by atoms with Gasteiger partial charge in [0.2, 0.25) is 0 Å². The predicted molar refractivity (Wildman–Crippen MR) is 61.0 cm³/mol. The van der Waals surface area contributed by atoms with Crippen LogP contribution in [0.3, 0.4) is 0 Å². The molecule has 5 nitrogen and oxygen atoms in total. The molecule has 2 bridgehead atoms. The van der Waals surface area contributed by atoms with Crippen LogP contribution in [0.1, 0.15) is 0 Å². The van der Waals surface area contributed by atoms with E-state index in [1.165, 1.54) is 0 Å². The minimum atomic E-state index is -0.213. The van der Waals surface area contributed by atoms with Crippen LogP contribution in [0, 0.1) is 0 Å². The van der Waals surface area contributed by atoms with Gasteiger partial charge in [-0.25, -0.2) is 0 Å². The molecule has 0 aromatic carbocycles. The van der Waals surface area contributed by atoms with E-state index >= 15 is 0 Å². The summed E-state index contributed by atoms with van der Waals surface area (Å²) in [4.78, 5) is 0. The third kappa shape index (κ3) is 2.13. The Hall–Kier alpha value is -0.460. The summed E-state index contributed by atoms with van der Waals surface area (Å²) >= 11 is 0. The molecule has 0 saturated carbocycles. The van der Waals surface area contributed by atoms with Crippen molar-refractivity contribution in [2.24, 2.45) is 0 Å². The van der Waals surface area contributed by atoms with Crippen LogP contribution in [0.4, 0.5) is 0 Å². The van der Waals surface area contributed by atoms with E-state index < -0.39 is 0 Å². The van der Waals surface area contributed by atoms with E-state index in [1.54, 1.807) is 28.4 Å². The van der Waals surface area contributed by atoms with Crippen molar-refractivity contribution in [2.75, 3.05) is 28.4 Å². The Morgan fingerprint density at radius 1 is 0.647 bits per heavy atom. The summed E-state index contributed by atoms with van der Waals surface area (Å²) in [5.41, 5.74) is 0. The van der Waals surface area contributed by atoms with E-state index in [2.05, 4.69) is 0 Å². The molecule has 2 heterocycles. The Morgan fingerprint density at radius 3 is 1.29 bits per heavy atom. The number of ether oxygens (including phenoxy) is 5. The highest BCUT2D eigenvalue weighted by molar-refractivity contribution is 5.14. The third-order valence-corrected chi connectivity index (χ3v) is 3.51. The minimum Gasteiger partial charge on any atom is -0.376 e. The van der Waals surface area contributed by atoms with Crippen molar-refractivity contribution in [1.82, 2.24) is 0 Å². The van der Waals surface area contributed by atoms with Crippen LogP contribution in [-0.4, -0.2) is 65.1 Å². The summed E-state index contributed by atoms with van der Waals surface area (Å²) in [5, 5.41) is 0. The molecule has 0 N–H and O–H groups in total. The second-order valence-corrected chi connectivity index (χ2v) is 4.25. The molecule has 2 rings (SSSR count). The summed E-state index contributed by atoms with van der Waals surface area (Å²) in [6.07, 6.45) is 2.99. The highest BCUT2D eigenvalue weighted by Gasteiger charge is 2.48. The second-order valence-electron chi connectivity index (χ2n) is 4.25. The van der Waals surface area contributed by atoms with Gasteiger partial charge in [0.15, 0.2) is 0 Å². The van der Waals surface area contributed by atoms with Gasteiger partial charge in [-0.05, 0) is 0 Å².